The highest BCUT2D eigenvalue weighted by atomic mass is 35.5. The van der Waals surface area contributed by atoms with Crippen molar-refractivity contribution < 1.29 is 9.53 Å². The molecule has 0 N–H and O–H groups in total. The molecule has 0 amide bonds. The van der Waals surface area contributed by atoms with Crippen molar-refractivity contribution in [2.75, 3.05) is 18.0 Å². The lowest BCUT2D eigenvalue weighted by molar-refractivity contribution is 0.0311. The quantitative estimate of drug-likeness (QED) is 0.803. The van der Waals surface area contributed by atoms with Crippen LogP contribution in [-0.4, -0.2) is 35.1 Å². The minimum absolute atomic E-state index is 0.0174. The summed E-state index contributed by atoms with van der Waals surface area (Å²) in [5.41, 5.74) is 0.190. The molecule has 0 unspecified atom stereocenters. The second-order valence-corrected chi connectivity index (χ2v) is 5.78. The first-order chi connectivity index (χ1) is 9.74. The van der Waals surface area contributed by atoms with Crippen molar-refractivity contribution in [3.63, 3.8) is 0 Å². The van der Waals surface area contributed by atoms with Crippen LogP contribution in [0.15, 0.2) is 6.20 Å². The lowest BCUT2D eigenvalue weighted by Gasteiger charge is -2.16. The fourth-order valence-electron chi connectivity index (χ4n) is 2.78. The van der Waals surface area contributed by atoms with Crippen molar-refractivity contribution in [3.05, 3.63) is 16.9 Å². The summed E-state index contributed by atoms with van der Waals surface area (Å²) in [6, 6.07) is 0. The van der Waals surface area contributed by atoms with Crippen molar-refractivity contribution >= 4 is 23.5 Å². The van der Waals surface area contributed by atoms with Crippen LogP contribution in [-0.2, 0) is 4.74 Å². The highest BCUT2D eigenvalue weighted by Crippen LogP contribution is 2.24. The molecule has 2 aliphatic rings. The van der Waals surface area contributed by atoms with Gasteiger partial charge in [-0.3, -0.25) is 0 Å². The maximum absolute atomic E-state index is 12.2. The molecule has 0 bridgehead atoms. The summed E-state index contributed by atoms with van der Waals surface area (Å²) in [4.78, 5) is 22.8. The highest BCUT2D eigenvalue weighted by Gasteiger charge is 2.24. The number of halogens is 1. The maximum Gasteiger partial charge on any atom is 0.358 e. The average Bonchev–Trinajstić information content (AvgIpc) is 3.11. The molecule has 0 aromatic carbocycles. The normalized spacial score (nSPS) is 19.6. The molecule has 1 aromatic rings. The topological polar surface area (TPSA) is 55.3 Å². The molecule has 20 heavy (non-hydrogen) atoms. The van der Waals surface area contributed by atoms with Crippen molar-refractivity contribution in [2.45, 2.75) is 44.6 Å². The third kappa shape index (κ3) is 2.87. The SMILES string of the molecule is O=C(OC1CCCC1)c1nc(N2CCCC2)ncc1Cl. The van der Waals surface area contributed by atoms with E-state index in [4.69, 9.17) is 16.3 Å². The monoisotopic (exact) mass is 295 g/mol. The predicted molar refractivity (Wildman–Crippen MR) is 76.2 cm³/mol. The number of hydrogen-bond acceptors (Lipinski definition) is 5. The number of anilines is 1. The molecule has 0 atom stereocenters. The summed E-state index contributed by atoms with van der Waals surface area (Å²) in [6.07, 6.45) is 7.89. The smallest absolute Gasteiger partial charge is 0.358 e. The fourth-order valence-corrected chi connectivity index (χ4v) is 2.95. The Morgan fingerprint density at radius 3 is 2.65 bits per heavy atom. The first-order valence-corrected chi connectivity index (χ1v) is 7.60. The molecule has 0 spiro atoms. The molecular formula is C14H18ClN3O2. The molecule has 1 aromatic heterocycles. The van der Waals surface area contributed by atoms with Crippen molar-refractivity contribution in [3.8, 4) is 0 Å². The van der Waals surface area contributed by atoms with E-state index in [0.29, 0.717) is 5.95 Å². The number of esters is 1. The van der Waals surface area contributed by atoms with Gasteiger partial charge >= 0.3 is 5.97 Å². The van der Waals surface area contributed by atoms with Gasteiger partial charge in [0.25, 0.3) is 0 Å². The predicted octanol–water partition coefficient (Wildman–Crippen LogP) is 2.83. The van der Waals surface area contributed by atoms with Gasteiger partial charge in [-0.25, -0.2) is 14.8 Å². The molecule has 5 nitrogen and oxygen atoms in total. The van der Waals surface area contributed by atoms with Gasteiger partial charge in [0.15, 0.2) is 5.69 Å². The summed E-state index contributed by atoms with van der Waals surface area (Å²) in [5.74, 6) is 0.148. The zero-order chi connectivity index (χ0) is 13.9. The number of hydrogen-bond donors (Lipinski definition) is 0. The van der Waals surface area contributed by atoms with E-state index in [-0.39, 0.29) is 16.8 Å². The van der Waals surface area contributed by atoms with Gasteiger partial charge in [-0.1, -0.05) is 11.6 Å². The number of carbonyl (C=O) groups excluding carboxylic acids is 1. The van der Waals surface area contributed by atoms with Crippen LogP contribution in [0.2, 0.25) is 5.02 Å². The van der Waals surface area contributed by atoms with Crippen molar-refractivity contribution in [2.24, 2.45) is 0 Å². The summed E-state index contributed by atoms with van der Waals surface area (Å²) in [6.45, 7) is 1.86. The first-order valence-electron chi connectivity index (χ1n) is 7.22. The van der Waals surface area contributed by atoms with Gasteiger partial charge in [0.05, 0.1) is 11.2 Å². The second-order valence-electron chi connectivity index (χ2n) is 5.37. The standard InChI is InChI=1S/C14H18ClN3O2/c15-11-9-16-14(18-7-3-4-8-18)17-12(11)13(19)20-10-5-1-2-6-10/h9-10H,1-8H2. The largest absolute Gasteiger partial charge is 0.458 e. The van der Waals surface area contributed by atoms with Gasteiger partial charge in [-0.05, 0) is 38.5 Å². The molecule has 6 heteroatoms. The van der Waals surface area contributed by atoms with E-state index in [1.807, 2.05) is 0 Å². The minimum Gasteiger partial charge on any atom is -0.458 e. The van der Waals surface area contributed by atoms with Gasteiger partial charge in [0, 0.05) is 13.1 Å². The van der Waals surface area contributed by atoms with E-state index in [9.17, 15) is 4.79 Å². The average molecular weight is 296 g/mol. The van der Waals surface area contributed by atoms with Gasteiger partial charge in [0.1, 0.15) is 6.10 Å². The van der Waals surface area contributed by atoms with Crippen LogP contribution < -0.4 is 4.90 Å². The Balaban J connectivity index is 1.76. The van der Waals surface area contributed by atoms with Crippen LogP contribution in [0.5, 0.6) is 0 Å². The molecule has 0 radical (unpaired) electrons. The van der Waals surface area contributed by atoms with Gasteiger partial charge < -0.3 is 9.64 Å². The maximum atomic E-state index is 12.2. The van der Waals surface area contributed by atoms with Crippen LogP contribution >= 0.6 is 11.6 Å². The van der Waals surface area contributed by atoms with Gasteiger partial charge in [-0.2, -0.15) is 0 Å². The molecule has 1 saturated heterocycles. The molecule has 3 rings (SSSR count). The van der Waals surface area contributed by atoms with Gasteiger partial charge in [-0.15, -0.1) is 0 Å². The van der Waals surface area contributed by atoms with E-state index >= 15 is 0 Å². The Kier molecular flexibility index (Phi) is 4.05. The summed E-state index contributed by atoms with van der Waals surface area (Å²) < 4.78 is 5.46. The number of rotatable bonds is 3. The van der Waals surface area contributed by atoms with Crippen LogP contribution in [0.1, 0.15) is 49.0 Å². The molecule has 1 saturated carbocycles. The molecule has 2 heterocycles. The number of carbonyl (C=O) groups is 1. The molecular weight excluding hydrogens is 278 g/mol. The third-order valence-electron chi connectivity index (χ3n) is 3.89. The summed E-state index contributed by atoms with van der Waals surface area (Å²) >= 11 is 6.04. The zero-order valence-corrected chi connectivity index (χ0v) is 12.1. The van der Waals surface area contributed by atoms with Gasteiger partial charge in [0.2, 0.25) is 5.95 Å². The second kappa shape index (κ2) is 5.95. The zero-order valence-electron chi connectivity index (χ0n) is 11.3. The van der Waals surface area contributed by atoms with E-state index in [1.54, 1.807) is 0 Å². The Morgan fingerprint density at radius 2 is 1.95 bits per heavy atom. The van der Waals surface area contributed by atoms with Crippen LogP contribution in [0.25, 0.3) is 0 Å². The first kappa shape index (κ1) is 13.6. The number of aromatic nitrogens is 2. The van der Waals surface area contributed by atoms with E-state index in [1.165, 1.54) is 6.20 Å². The van der Waals surface area contributed by atoms with E-state index in [2.05, 4.69) is 14.9 Å². The Hall–Kier alpha value is -1.36. The molecule has 108 valence electrons. The summed E-state index contributed by atoms with van der Waals surface area (Å²) in [7, 11) is 0. The third-order valence-corrected chi connectivity index (χ3v) is 4.17. The van der Waals surface area contributed by atoms with Crippen molar-refractivity contribution in [1.29, 1.82) is 0 Å². The minimum atomic E-state index is -0.426. The Labute approximate surface area is 123 Å². The van der Waals surface area contributed by atoms with Crippen molar-refractivity contribution in [1.82, 2.24) is 9.97 Å². The highest BCUT2D eigenvalue weighted by molar-refractivity contribution is 6.33. The summed E-state index contributed by atoms with van der Waals surface area (Å²) in [5, 5.41) is 0.260. The lowest BCUT2D eigenvalue weighted by atomic mass is 10.3. The van der Waals surface area contributed by atoms with Crippen LogP contribution in [0.4, 0.5) is 5.95 Å². The van der Waals surface area contributed by atoms with E-state index in [0.717, 1.165) is 51.6 Å². The Bertz CT molecular complexity index is 497. The van der Waals surface area contributed by atoms with Crippen LogP contribution in [0, 0.1) is 0 Å². The number of ether oxygens (including phenoxy) is 1. The molecule has 1 aliphatic carbocycles. The molecule has 2 fully saturated rings. The lowest BCUT2D eigenvalue weighted by Crippen LogP contribution is -2.23. The van der Waals surface area contributed by atoms with E-state index < -0.39 is 5.97 Å². The van der Waals surface area contributed by atoms with Crippen LogP contribution in [0.3, 0.4) is 0 Å². The Morgan fingerprint density at radius 1 is 1.25 bits per heavy atom. The molecule has 1 aliphatic heterocycles. The number of nitrogens with zero attached hydrogens (tertiary/aromatic N) is 3. The fraction of sp³-hybridized carbons (Fsp3) is 0.643.